The van der Waals surface area contributed by atoms with E-state index in [1.54, 1.807) is 48.2 Å². The third-order valence-electron chi connectivity index (χ3n) is 6.88. The van der Waals surface area contributed by atoms with Crippen LogP contribution in [0.1, 0.15) is 33.1 Å². The lowest BCUT2D eigenvalue weighted by Crippen LogP contribution is -2.53. The number of sulfonamides is 1. The molecule has 1 unspecified atom stereocenters. The molecule has 1 atom stereocenters. The van der Waals surface area contributed by atoms with Gasteiger partial charge in [-0.25, -0.2) is 22.0 Å². The third-order valence-corrected chi connectivity index (χ3v) is 8.75. The second kappa shape index (κ2) is 8.72. The number of hydrogen-bond acceptors (Lipinski definition) is 5. The number of rotatable bonds is 3. The van der Waals surface area contributed by atoms with E-state index in [4.69, 9.17) is 4.74 Å². The van der Waals surface area contributed by atoms with Gasteiger partial charge < -0.3 is 9.64 Å². The van der Waals surface area contributed by atoms with E-state index in [1.807, 2.05) is 6.07 Å². The summed E-state index contributed by atoms with van der Waals surface area (Å²) in [4.78, 5) is 28.4. The quantitative estimate of drug-likeness (QED) is 0.600. The van der Waals surface area contributed by atoms with Gasteiger partial charge in [0, 0.05) is 32.9 Å². The molecule has 2 amide bonds. The fourth-order valence-corrected chi connectivity index (χ4v) is 6.67. The molecule has 1 saturated heterocycles. The molecule has 2 heterocycles. The Balaban J connectivity index is 1.46. The lowest BCUT2D eigenvalue weighted by molar-refractivity contribution is -0.143. The smallest absolute Gasteiger partial charge is 0.414 e. The third kappa shape index (κ3) is 4.40. The van der Waals surface area contributed by atoms with Gasteiger partial charge in [0.15, 0.2) is 0 Å². The number of ether oxygens (including phenoxy) is 1. The Hall–Kier alpha value is -3.21. The molecule has 0 bridgehead atoms. The standard InChI is InChI=1S/C25H27F2N3O5S/c1-16-15-28(24(32)35-21-13-25(26,27)14-21)23-12-19(6-9-22(23)30(16)17(2)31)18-4-7-20(8-5-18)29-10-3-11-36(29,33)34/h4-9,12,16,21H,3,10-11,13-15H2,1-2H3. The predicted molar refractivity (Wildman–Crippen MR) is 132 cm³/mol. The van der Waals surface area contributed by atoms with Crippen LogP contribution < -0.4 is 14.1 Å². The molecule has 5 rings (SSSR count). The van der Waals surface area contributed by atoms with Gasteiger partial charge in [-0.2, -0.15) is 0 Å². The molecule has 0 aromatic heterocycles. The first-order valence-corrected chi connectivity index (χ1v) is 13.5. The molecule has 2 aromatic rings. The summed E-state index contributed by atoms with van der Waals surface area (Å²) in [5, 5.41) is 0. The highest BCUT2D eigenvalue weighted by atomic mass is 32.2. The minimum absolute atomic E-state index is 0.134. The van der Waals surface area contributed by atoms with Gasteiger partial charge in [-0.15, -0.1) is 0 Å². The Bertz CT molecular complexity index is 1310. The van der Waals surface area contributed by atoms with Gasteiger partial charge in [0.1, 0.15) is 6.10 Å². The summed E-state index contributed by atoms with van der Waals surface area (Å²) < 4.78 is 57.7. The molecule has 0 radical (unpaired) electrons. The van der Waals surface area contributed by atoms with Crippen molar-refractivity contribution in [2.45, 2.75) is 51.2 Å². The lowest BCUT2D eigenvalue weighted by Gasteiger charge is -2.42. The van der Waals surface area contributed by atoms with Crippen molar-refractivity contribution in [3.8, 4) is 11.1 Å². The van der Waals surface area contributed by atoms with Crippen molar-refractivity contribution in [1.29, 1.82) is 0 Å². The normalized spacial score (nSPS) is 22.7. The van der Waals surface area contributed by atoms with Crippen molar-refractivity contribution in [3.05, 3.63) is 42.5 Å². The fraction of sp³-hybridized carbons (Fsp3) is 0.440. The molecule has 2 fully saturated rings. The van der Waals surface area contributed by atoms with E-state index in [-0.39, 0.29) is 24.2 Å². The monoisotopic (exact) mass is 519 g/mol. The van der Waals surface area contributed by atoms with Crippen molar-refractivity contribution in [1.82, 2.24) is 0 Å². The van der Waals surface area contributed by atoms with E-state index < -0.39 is 41.0 Å². The summed E-state index contributed by atoms with van der Waals surface area (Å²) >= 11 is 0. The zero-order chi connectivity index (χ0) is 25.8. The Morgan fingerprint density at radius 2 is 1.69 bits per heavy atom. The van der Waals surface area contributed by atoms with Gasteiger partial charge >= 0.3 is 6.09 Å². The van der Waals surface area contributed by atoms with E-state index in [9.17, 15) is 26.8 Å². The number of carbonyl (C=O) groups is 2. The van der Waals surface area contributed by atoms with Gasteiger partial charge in [0.05, 0.1) is 28.9 Å². The van der Waals surface area contributed by atoms with Crippen LogP contribution in [0.4, 0.5) is 30.6 Å². The van der Waals surface area contributed by atoms with Gasteiger partial charge in [-0.05, 0) is 48.7 Å². The van der Waals surface area contributed by atoms with E-state index in [0.29, 0.717) is 30.0 Å². The zero-order valence-corrected chi connectivity index (χ0v) is 20.8. The van der Waals surface area contributed by atoms with Crippen molar-refractivity contribution in [3.63, 3.8) is 0 Å². The molecule has 3 aliphatic rings. The van der Waals surface area contributed by atoms with Crippen LogP contribution >= 0.6 is 0 Å². The van der Waals surface area contributed by atoms with Crippen molar-refractivity contribution < 1.29 is 31.5 Å². The average molecular weight is 520 g/mol. The second-order valence-electron chi connectivity index (χ2n) is 9.61. The maximum atomic E-state index is 13.2. The Kier molecular flexibility index (Phi) is 5.93. The summed E-state index contributed by atoms with van der Waals surface area (Å²) in [5.74, 6) is -2.86. The minimum atomic E-state index is -3.29. The minimum Gasteiger partial charge on any atom is -0.445 e. The number of benzene rings is 2. The summed E-state index contributed by atoms with van der Waals surface area (Å²) in [5.41, 5.74) is 3.10. The van der Waals surface area contributed by atoms with Crippen LogP contribution in [-0.2, 0) is 19.6 Å². The maximum absolute atomic E-state index is 13.2. The molecule has 2 aromatic carbocycles. The van der Waals surface area contributed by atoms with Gasteiger partial charge in [0.2, 0.25) is 15.9 Å². The number of halogens is 2. The van der Waals surface area contributed by atoms with Gasteiger partial charge in [-0.1, -0.05) is 18.2 Å². The molecule has 36 heavy (non-hydrogen) atoms. The molecule has 0 spiro atoms. The Morgan fingerprint density at radius 1 is 1.03 bits per heavy atom. The summed E-state index contributed by atoms with van der Waals surface area (Å²) in [6.45, 7) is 3.86. The van der Waals surface area contributed by atoms with E-state index in [1.165, 1.54) is 16.1 Å². The number of anilines is 3. The summed E-state index contributed by atoms with van der Waals surface area (Å²) in [6, 6.07) is 12.1. The van der Waals surface area contributed by atoms with Crippen LogP contribution in [0.15, 0.2) is 42.5 Å². The first kappa shape index (κ1) is 24.5. The van der Waals surface area contributed by atoms with Crippen molar-refractivity contribution in [2.75, 3.05) is 32.9 Å². The SMILES string of the molecule is CC(=O)N1c2ccc(-c3ccc(N4CCCS4(=O)=O)cc3)cc2N(C(=O)OC2CC(F)(F)C2)CC1C. The maximum Gasteiger partial charge on any atom is 0.414 e. The highest BCUT2D eigenvalue weighted by Gasteiger charge is 2.48. The van der Waals surface area contributed by atoms with E-state index in [2.05, 4.69) is 0 Å². The molecule has 192 valence electrons. The van der Waals surface area contributed by atoms with Crippen LogP contribution in [-0.4, -0.2) is 57.3 Å². The second-order valence-corrected chi connectivity index (χ2v) is 11.6. The van der Waals surface area contributed by atoms with Crippen LogP contribution in [0, 0.1) is 0 Å². The van der Waals surface area contributed by atoms with E-state index >= 15 is 0 Å². The first-order chi connectivity index (χ1) is 16.9. The largest absolute Gasteiger partial charge is 0.445 e. The van der Waals surface area contributed by atoms with Crippen molar-refractivity contribution in [2.24, 2.45) is 0 Å². The highest BCUT2D eigenvalue weighted by Crippen LogP contribution is 2.42. The Labute approximate surface area is 208 Å². The van der Waals surface area contributed by atoms with Gasteiger partial charge in [0.25, 0.3) is 5.92 Å². The number of alkyl halides is 2. The molecule has 8 nitrogen and oxygen atoms in total. The molecule has 11 heteroatoms. The van der Waals surface area contributed by atoms with Crippen LogP contribution in [0.2, 0.25) is 0 Å². The number of amides is 2. The molecule has 2 aliphatic heterocycles. The summed E-state index contributed by atoms with van der Waals surface area (Å²) in [7, 11) is -3.29. The average Bonchev–Trinajstić information content (AvgIpc) is 3.15. The summed E-state index contributed by atoms with van der Waals surface area (Å²) in [6.07, 6.45) is -1.96. The van der Waals surface area contributed by atoms with Crippen LogP contribution in [0.25, 0.3) is 11.1 Å². The van der Waals surface area contributed by atoms with E-state index in [0.717, 1.165) is 11.1 Å². The number of hydrogen-bond donors (Lipinski definition) is 0. The topological polar surface area (TPSA) is 87.2 Å². The van der Waals surface area contributed by atoms with Crippen LogP contribution in [0.3, 0.4) is 0 Å². The molecular formula is C25H27F2N3O5S. The van der Waals surface area contributed by atoms with Gasteiger partial charge in [-0.3, -0.25) is 14.0 Å². The molecule has 1 aliphatic carbocycles. The van der Waals surface area contributed by atoms with Crippen LogP contribution in [0.5, 0.6) is 0 Å². The predicted octanol–water partition coefficient (Wildman–Crippen LogP) is 4.39. The van der Waals surface area contributed by atoms with Crippen molar-refractivity contribution >= 4 is 39.1 Å². The lowest BCUT2D eigenvalue weighted by atomic mass is 9.91. The zero-order valence-electron chi connectivity index (χ0n) is 20.0. The number of nitrogens with zero attached hydrogens (tertiary/aromatic N) is 3. The number of fused-ring (bicyclic) bond motifs is 1. The highest BCUT2D eigenvalue weighted by molar-refractivity contribution is 7.93. The Morgan fingerprint density at radius 3 is 2.28 bits per heavy atom. The molecule has 0 N–H and O–H groups in total. The fourth-order valence-electron chi connectivity index (χ4n) is 5.10. The molecular weight excluding hydrogens is 492 g/mol. The molecule has 1 saturated carbocycles. The number of carbonyl (C=O) groups excluding carboxylic acids is 2. The first-order valence-electron chi connectivity index (χ1n) is 11.9.